The van der Waals surface area contributed by atoms with Crippen LogP contribution < -0.4 is 0 Å². The summed E-state index contributed by atoms with van der Waals surface area (Å²) in [6, 6.07) is 2.79. The smallest absolute Gasteiger partial charge is 0.207 e. The molecule has 1 aliphatic heterocycles. The molecule has 0 radical (unpaired) electrons. The summed E-state index contributed by atoms with van der Waals surface area (Å²) in [5.74, 6) is 0. The van der Waals surface area contributed by atoms with E-state index in [-0.39, 0.29) is 14.9 Å². The van der Waals surface area contributed by atoms with E-state index >= 15 is 0 Å². The molecule has 1 saturated heterocycles. The Morgan fingerprint density at radius 2 is 1.44 bits per heavy atom. The summed E-state index contributed by atoms with van der Waals surface area (Å²) in [6.45, 7) is 1.02. The van der Waals surface area contributed by atoms with Crippen molar-refractivity contribution >= 4 is 44.8 Å². The summed E-state index contributed by atoms with van der Waals surface area (Å²) in [5.41, 5.74) is 0. The molecule has 1 fully saturated rings. The van der Waals surface area contributed by atoms with Crippen molar-refractivity contribution in [1.29, 1.82) is 0 Å². The minimum absolute atomic E-state index is 0.0443. The molecule has 0 atom stereocenters. The number of halogens is 3. The topological polar surface area (TPSA) is 37.4 Å². The molecule has 0 bridgehead atoms. The van der Waals surface area contributed by atoms with Crippen LogP contribution >= 0.6 is 34.8 Å². The molecule has 100 valence electrons. The molecule has 0 aromatic heterocycles. The first-order valence-corrected chi connectivity index (χ1v) is 8.15. The second-order valence-electron chi connectivity index (χ2n) is 4.16. The lowest BCUT2D eigenvalue weighted by Gasteiger charge is -2.26. The average molecular weight is 329 g/mol. The third kappa shape index (κ3) is 2.78. The third-order valence-electron chi connectivity index (χ3n) is 2.88. The van der Waals surface area contributed by atoms with Gasteiger partial charge in [-0.15, -0.1) is 0 Å². The first-order chi connectivity index (χ1) is 8.43. The second kappa shape index (κ2) is 5.55. The van der Waals surface area contributed by atoms with Gasteiger partial charge in [-0.1, -0.05) is 41.2 Å². The Morgan fingerprint density at radius 1 is 0.944 bits per heavy atom. The molecule has 18 heavy (non-hydrogen) atoms. The Morgan fingerprint density at radius 3 is 1.94 bits per heavy atom. The van der Waals surface area contributed by atoms with Crippen LogP contribution in [-0.4, -0.2) is 25.8 Å². The van der Waals surface area contributed by atoms with E-state index in [1.807, 2.05) is 0 Å². The van der Waals surface area contributed by atoms with Gasteiger partial charge < -0.3 is 0 Å². The first kappa shape index (κ1) is 14.4. The van der Waals surface area contributed by atoms with Crippen LogP contribution in [0.2, 0.25) is 15.1 Å². The molecule has 1 aromatic carbocycles. The molecule has 1 aliphatic rings. The minimum atomic E-state index is -3.63. The van der Waals surface area contributed by atoms with E-state index in [0.717, 1.165) is 19.3 Å². The zero-order chi connectivity index (χ0) is 13.3. The van der Waals surface area contributed by atoms with E-state index in [0.29, 0.717) is 18.1 Å². The average Bonchev–Trinajstić information content (AvgIpc) is 2.28. The van der Waals surface area contributed by atoms with Crippen LogP contribution in [0.5, 0.6) is 0 Å². The fourth-order valence-corrected chi connectivity index (χ4v) is 5.02. The van der Waals surface area contributed by atoms with Crippen LogP contribution in [0.25, 0.3) is 0 Å². The summed E-state index contributed by atoms with van der Waals surface area (Å²) in [4.78, 5) is -0.0443. The predicted octanol–water partition coefficient (Wildman–Crippen LogP) is 3.82. The Labute approximate surface area is 122 Å². The SMILES string of the molecule is O=S(=O)(c1c(Cl)cc(Cl)cc1Cl)N1CCCCC1. The van der Waals surface area contributed by atoms with Crippen LogP contribution in [0.15, 0.2) is 17.0 Å². The quantitative estimate of drug-likeness (QED) is 0.827. The highest BCUT2D eigenvalue weighted by molar-refractivity contribution is 7.89. The van der Waals surface area contributed by atoms with Crippen molar-refractivity contribution in [3.8, 4) is 0 Å². The highest BCUT2D eigenvalue weighted by Crippen LogP contribution is 2.35. The van der Waals surface area contributed by atoms with E-state index in [1.54, 1.807) is 0 Å². The van der Waals surface area contributed by atoms with E-state index in [2.05, 4.69) is 0 Å². The second-order valence-corrected chi connectivity index (χ2v) is 7.29. The van der Waals surface area contributed by atoms with Crippen molar-refractivity contribution in [1.82, 2.24) is 4.31 Å². The summed E-state index contributed by atoms with van der Waals surface area (Å²) < 4.78 is 26.3. The summed E-state index contributed by atoms with van der Waals surface area (Å²) in [5, 5.41) is 0.457. The van der Waals surface area contributed by atoms with Gasteiger partial charge in [0.05, 0.1) is 10.0 Å². The van der Waals surface area contributed by atoms with Crippen LogP contribution in [-0.2, 0) is 10.0 Å². The Hall–Kier alpha value is -0.000000000000000132. The highest BCUT2D eigenvalue weighted by atomic mass is 35.5. The van der Waals surface area contributed by atoms with E-state index < -0.39 is 10.0 Å². The maximum absolute atomic E-state index is 12.5. The fraction of sp³-hybridized carbons (Fsp3) is 0.455. The molecule has 3 nitrogen and oxygen atoms in total. The van der Waals surface area contributed by atoms with Crippen molar-refractivity contribution in [2.75, 3.05) is 13.1 Å². The molecule has 1 aromatic rings. The molecule has 2 rings (SSSR count). The lowest BCUT2D eigenvalue weighted by Crippen LogP contribution is -2.35. The standard InChI is InChI=1S/C11H12Cl3NO2S/c12-8-6-9(13)11(10(14)7-8)18(16,17)15-4-2-1-3-5-15/h6-7H,1-5H2. The number of hydrogen-bond donors (Lipinski definition) is 0. The van der Waals surface area contributed by atoms with Gasteiger partial charge in [-0.3, -0.25) is 0 Å². The number of benzene rings is 1. The minimum Gasteiger partial charge on any atom is -0.207 e. The summed E-state index contributed by atoms with van der Waals surface area (Å²) >= 11 is 17.7. The molecule has 1 heterocycles. The molecular weight excluding hydrogens is 317 g/mol. The van der Waals surface area contributed by atoms with E-state index in [1.165, 1.54) is 16.4 Å². The van der Waals surface area contributed by atoms with Crippen molar-refractivity contribution in [3.05, 3.63) is 27.2 Å². The molecule has 0 N–H and O–H groups in total. The normalized spacial score (nSPS) is 17.9. The fourth-order valence-electron chi connectivity index (χ4n) is 2.01. The first-order valence-electron chi connectivity index (χ1n) is 5.57. The van der Waals surface area contributed by atoms with E-state index in [9.17, 15) is 8.42 Å². The Balaban J connectivity index is 2.47. The number of rotatable bonds is 2. The Kier molecular flexibility index (Phi) is 4.44. The molecule has 0 saturated carbocycles. The van der Waals surface area contributed by atoms with Gasteiger partial charge in [0.15, 0.2) is 0 Å². The van der Waals surface area contributed by atoms with Crippen molar-refractivity contribution in [2.45, 2.75) is 24.2 Å². The van der Waals surface area contributed by atoms with Crippen molar-refractivity contribution < 1.29 is 8.42 Å². The maximum atomic E-state index is 12.5. The van der Waals surface area contributed by atoms with Crippen LogP contribution in [0.4, 0.5) is 0 Å². The largest absolute Gasteiger partial charge is 0.246 e. The van der Waals surface area contributed by atoms with E-state index in [4.69, 9.17) is 34.8 Å². The maximum Gasteiger partial charge on any atom is 0.246 e. The highest BCUT2D eigenvalue weighted by Gasteiger charge is 2.30. The lowest BCUT2D eigenvalue weighted by atomic mass is 10.2. The van der Waals surface area contributed by atoms with Crippen molar-refractivity contribution in [2.24, 2.45) is 0 Å². The van der Waals surface area contributed by atoms with Gasteiger partial charge in [0.1, 0.15) is 4.90 Å². The molecule has 0 spiro atoms. The van der Waals surface area contributed by atoms with Gasteiger partial charge in [-0.2, -0.15) is 4.31 Å². The zero-order valence-corrected chi connectivity index (χ0v) is 12.6. The number of sulfonamides is 1. The molecule has 0 amide bonds. The lowest BCUT2D eigenvalue weighted by molar-refractivity contribution is 0.346. The summed E-state index contributed by atoms with van der Waals surface area (Å²) in [7, 11) is -3.63. The number of piperidine rings is 1. The summed E-state index contributed by atoms with van der Waals surface area (Å²) in [6.07, 6.45) is 2.78. The van der Waals surface area contributed by atoms with Gasteiger partial charge in [0.25, 0.3) is 0 Å². The van der Waals surface area contributed by atoms with Gasteiger partial charge in [0, 0.05) is 18.1 Å². The molecule has 0 aliphatic carbocycles. The van der Waals surface area contributed by atoms with Gasteiger partial charge >= 0.3 is 0 Å². The van der Waals surface area contributed by atoms with Gasteiger partial charge in [-0.05, 0) is 25.0 Å². The number of nitrogens with zero attached hydrogens (tertiary/aromatic N) is 1. The molecule has 7 heteroatoms. The molecular formula is C11H12Cl3NO2S. The number of hydrogen-bond acceptors (Lipinski definition) is 2. The van der Waals surface area contributed by atoms with Gasteiger partial charge in [-0.25, -0.2) is 8.42 Å². The van der Waals surface area contributed by atoms with Crippen LogP contribution in [0.1, 0.15) is 19.3 Å². The molecule has 0 unspecified atom stereocenters. The van der Waals surface area contributed by atoms with Crippen LogP contribution in [0, 0.1) is 0 Å². The van der Waals surface area contributed by atoms with Crippen LogP contribution in [0.3, 0.4) is 0 Å². The van der Waals surface area contributed by atoms with Gasteiger partial charge in [0.2, 0.25) is 10.0 Å². The predicted molar refractivity (Wildman–Crippen MR) is 74.1 cm³/mol. The third-order valence-corrected chi connectivity index (χ3v) is 5.92. The zero-order valence-electron chi connectivity index (χ0n) is 9.50. The van der Waals surface area contributed by atoms with Crippen molar-refractivity contribution in [3.63, 3.8) is 0 Å². The Bertz CT molecular complexity index is 530. The monoisotopic (exact) mass is 327 g/mol.